The molecule has 0 spiro atoms. The predicted octanol–water partition coefficient (Wildman–Crippen LogP) is 1.69. The molecule has 3 aromatic heterocycles. The van der Waals surface area contributed by atoms with E-state index in [0.29, 0.717) is 37.4 Å². The Bertz CT molecular complexity index is 1100. The number of aryl methyl sites for hydroxylation is 2. The monoisotopic (exact) mass is 381 g/mol. The molecule has 0 bridgehead atoms. The number of nitrogens with zero attached hydrogens (tertiary/aromatic N) is 5. The molecule has 0 radical (unpaired) electrons. The average Bonchev–Trinajstić information content (AvgIpc) is 2.98. The second-order valence-electron chi connectivity index (χ2n) is 7.13. The predicted molar refractivity (Wildman–Crippen MR) is 103 cm³/mol. The lowest BCUT2D eigenvalue weighted by atomic mass is 10.2. The van der Waals surface area contributed by atoms with Crippen LogP contribution in [0.1, 0.15) is 53.3 Å². The Morgan fingerprint density at radius 1 is 1.32 bits per heavy atom. The van der Waals surface area contributed by atoms with E-state index in [0.717, 1.165) is 17.8 Å². The Kier molecular flexibility index (Phi) is 4.72. The lowest BCUT2D eigenvalue weighted by molar-refractivity contribution is 0.0743. The fourth-order valence-corrected chi connectivity index (χ4v) is 3.62. The summed E-state index contributed by atoms with van der Waals surface area (Å²) < 4.78 is 3.31. The van der Waals surface area contributed by atoms with Gasteiger partial charge in [-0.1, -0.05) is 13.0 Å². The van der Waals surface area contributed by atoms with Gasteiger partial charge in [0.2, 0.25) is 0 Å². The highest BCUT2D eigenvalue weighted by atomic mass is 16.3. The van der Waals surface area contributed by atoms with Gasteiger partial charge in [0.1, 0.15) is 11.2 Å². The number of carbonyl (C=O) groups is 1. The van der Waals surface area contributed by atoms with Gasteiger partial charge in [-0.05, 0) is 38.0 Å². The molecule has 8 heteroatoms. The topological polar surface area (TPSA) is 92.7 Å². The molecule has 0 aliphatic carbocycles. The Morgan fingerprint density at radius 3 is 2.93 bits per heavy atom. The number of aliphatic hydroxyl groups excluding tert-OH is 1. The number of rotatable bonds is 3. The molecule has 0 aromatic carbocycles. The summed E-state index contributed by atoms with van der Waals surface area (Å²) in [5.74, 6) is -0.331. The van der Waals surface area contributed by atoms with Crippen LogP contribution in [-0.2, 0) is 13.1 Å². The number of carbonyl (C=O) groups excluding carboxylic acids is 1. The Morgan fingerprint density at radius 2 is 2.14 bits per heavy atom. The summed E-state index contributed by atoms with van der Waals surface area (Å²) in [7, 11) is 0. The third-order valence-electron chi connectivity index (χ3n) is 5.20. The molecule has 4 rings (SSSR count). The molecule has 0 unspecified atom stereocenters. The van der Waals surface area contributed by atoms with Gasteiger partial charge in [-0.3, -0.25) is 18.7 Å². The van der Waals surface area contributed by atoms with Crippen LogP contribution in [-0.4, -0.2) is 41.6 Å². The van der Waals surface area contributed by atoms with E-state index in [2.05, 4.69) is 10.1 Å². The zero-order valence-electron chi connectivity index (χ0n) is 16.0. The quantitative estimate of drug-likeness (QED) is 0.745. The smallest absolute Gasteiger partial charge is 0.270 e. The minimum atomic E-state index is -0.610. The molecular weight excluding hydrogens is 358 g/mol. The second kappa shape index (κ2) is 7.20. The Balaban J connectivity index is 1.68. The lowest BCUT2D eigenvalue weighted by Gasteiger charge is -2.20. The maximum atomic E-state index is 13.1. The van der Waals surface area contributed by atoms with E-state index in [-0.39, 0.29) is 17.0 Å². The molecular formula is C20H23N5O3. The second-order valence-corrected chi connectivity index (χ2v) is 7.13. The number of fused-ring (bicyclic) bond motifs is 2. The summed E-state index contributed by atoms with van der Waals surface area (Å²) >= 11 is 0. The van der Waals surface area contributed by atoms with E-state index in [1.54, 1.807) is 11.0 Å². The minimum absolute atomic E-state index is 0.0635. The van der Waals surface area contributed by atoms with E-state index < -0.39 is 6.10 Å². The molecule has 4 heterocycles. The number of aliphatic hydroxyl groups is 1. The van der Waals surface area contributed by atoms with Crippen molar-refractivity contribution in [2.45, 2.75) is 45.9 Å². The summed E-state index contributed by atoms with van der Waals surface area (Å²) in [4.78, 5) is 32.0. The van der Waals surface area contributed by atoms with Crippen molar-refractivity contribution < 1.29 is 9.90 Å². The van der Waals surface area contributed by atoms with Gasteiger partial charge in [0.15, 0.2) is 0 Å². The van der Waals surface area contributed by atoms with E-state index in [1.807, 2.05) is 36.7 Å². The van der Waals surface area contributed by atoms with Gasteiger partial charge in [0.05, 0.1) is 24.0 Å². The molecule has 0 saturated heterocycles. The van der Waals surface area contributed by atoms with E-state index >= 15 is 0 Å². The number of pyridine rings is 1. The van der Waals surface area contributed by atoms with Crippen molar-refractivity contribution in [3.8, 4) is 0 Å². The number of amides is 1. The minimum Gasteiger partial charge on any atom is -0.387 e. The van der Waals surface area contributed by atoms with Crippen LogP contribution in [0, 0.1) is 6.92 Å². The zero-order valence-corrected chi connectivity index (χ0v) is 16.0. The van der Waals surface area contributed by atoms with Crippen LogP contribution in [0.3, 0.4) is 0 Å². The molecule has 146 valence electrons. The van der Waals surface area contributed by atoms with Gasteiger partial charge in [-0.2, -0.15) is 5.10 Å². The van der Waals surface area contributed by atoms with Crippen LogP contribution in [0.5, 0.6) is 0 Å². The molecule has 0 saturated carbocycles. The summed E-state index contributed by atoms with van der Waals surface area (Å²) in [5.41, 5.74) is 2.44. The van der Waals surface area contributed by atoms with E-state index in [9.17, 15) is 14.7 Å². The standard InChI is InChI=1S/C20H23N5O3/c1-3-17(26)16-10-14-12-23(8-5-9-24(14)22-16)19(27)15-11-21-18-7-4-6-13(2)25(18)20(15)28/h4,6-7,10-11,17,26H,3,5,8-9,12H2,1-2H3/t17-/m0/s1. The highest BCUT2D eigenvalue weighted by Crippen LogP contribution is 2.20. The first-order valence-electron chi connectivity index (χ1n) is 9.51. The third-order valence-corrected chi connectivity index (χ3v) is 5.20. The highest BCUT2D eigenvalue weighted by Gasteiger charge is 2.25. The summed E-state index contributed by atoms with van der Waals surface area (Å²) in [6.45, 7) is 5.26. The van der Waals surface area contributed by atoms with Crippen LogP contribution in [0.2, 0.25) is 0 Å². The van der Waals surface area contributed by atoms with Crippen molar-refractivity contribution >= 4 is 11.6 Å². The molecule has 0 fully saturated rings. The van der Waals surface area contributed by atoms with Crippen LogP contribution >= 0.6 is 0 Å². The van der Waals surface area contributed by atoms with Crippen molar-refractivity contribution in [1.82, 2.24) is 24.1 Å². The fourth-order valence-electron chi connectivity index (χ4n) is 3.62. The molecule has 1 N–H and O–H groups in total. The molecule has 1 atom stereocenters. The normalized spacial score (nSPS) is 15.3. The van der Waals surface area contributed by atoms with Crippen LogP contribution < -0.4 is 5.56 Å². The van der Waals surface area contributed by atoms with Crippen molar-refractivity contribution in [2.75, 3.05) is 6.54 Å². The molecule has 1 aliphatic heterocycles. The highest BCUT2D eigenvalue weighted by molar-refractivity contribution is 5.93. The van der Waals surface area contributed by atoms with E-state index in [1.165, 1.54) is 10.6 Å². The van der Waals surface area contributed by atoms with Gasteiger partial charge >= 0.3 is 0 Å². The first-order chi connectivity index (χ1) is 13.5. The van der Waals surface area contributed by atoms with Gasteiger partial charge < -0.3 is 10.0 Å². The molecule has 8 nitrogen and oxygen atoms in total. The maximum absolute atomic E-state index is 13.1. The van der Waals surface area contributed by atoms with Crippen LogP contribution in [0.15, 0.2) is 35.3 Å². The largest absolute Gasteiger partial charge is 0.387 e. The Hall–Kier alpha value is -3.00. The number of aromatic nitrogens is 4. The average molecular weight is 381 g/mol. The molecule has 1 aliphatic rings. The van der Waals surface area contributed by atoms with Crippen molar-refractivity contribution in [2.24, 2.45) is 0 Å². The van der Waals surface area contributed by atoms with Crippen molar-refractivity contribution in [3.05, 3.63) is 63.5 Å². The van der Waals surface area contributed by atoms with Gasteiger partial charge in [0, 0.05) is 25.0 Å². The summed E-state index contributed by atoms with van der Waals surface area (Å²) in [6, 6.07) is 7.23. The van der Waals surface area contributed by atoms with Gasteiger partial charge in [0.25, 0.3) is 11.5 Å². The number of hydrogen-bond donors (Lipinski definition) is 1. The number of hydrogen-bond acceptors (Lipinski definition) is 5. The van der Waals surface area contributed by atoms with Gasteiger partial charge in [-0.25, -0.2) is 4.98 Å². The van der Waals surface area contributed by atoms with Gasteiger partial charge in [-0.15, -0.1) is 0 Å². The SMILES string of the molecule is CC[C@H](O)c1cc2n(n1)CCCN(C(=O)c1cnc3cccc(C)n3c1=O)C2. The van der Waals surface area contributed by atoms with Crippen LogP contribution in [0.25, 0.3) is 5.65 Å². The van der Waals surface area contributed by atoms with Crippen molar-refractivity contribution in [3.63, 3.8) is 0 Å². The first-order valence-corrected chi connectivity index (χ1v) is 9.51. The first kappa shape index (κ1) is 18.4. The molecule has 3 aromatic rings. The summed E-state index contributed by atoms with van der Waals surface area (Å²) in [5, 5.41) is 14.5. The third kappa shape index (κ3) is 3.09. The lowest BCUT2D eigenvalue weighted by Crippen LogP contribution is -2.36. The zero-order chi connectivity index (χ0) is 19.8. The Labute approximate surface area is 162 Å². The van der Waals surface area contributed by atoms with E-state index in [4.69, 9.17) is 0 Å². The fraction of sp³-hybridized carbons (Fsp3) is 0.400. The van der Waals surface area contributed by atoms with Crippen molar-refractivity contribution in [1.29, 1.82) is 0 Å². The van der Waals surface area contributed by atoms with Crippen LogP contribution in [0.4, 0.5) is 0 Å². The molecule has 28 heavy (non-hydrogen) atoms. The molecule has 1 amide bonds. The maximum Gasteiger partial charge on any atom is 0.270 e. The summed E-state index contributed by atoms with van der Waals surface area (Å²) in [6.07, 6.45) is 2.07.